The van der Waals surface area contributed by atoms with Crippen LogP contribution in [0.1, 0.15) is 31.2 Å². The lowest BCUT2D eigenvalue weighted by atomic mass is 9.87. The molecule has 0 bridgehead atoms. The van der Waals surface area contributed by atoms with E-state index in [-0.39, 0.29) is 5.82 Å². The number of halogens is 1. The predicted molar refractivity (Wildman–Crippen MR) is 67.8 cm³/mol. The van der Waals surface area contributed by atoms with Gasteiger partial charge < -0.3 is 11.1 Å². The zero-order chi connectivity index (χ0) is 12.3. The maximum atomic E-state index is 12.9. The Morgan fingerprint density at radius 2 is 2.12 bits per heavy atom. The van der Waals surface area contributed by atoms with Crippen molar-refractivity contribution in [3.8, 4) is 0 Å². The molecule has 0 saturated heterocycles. The molecule has 92 valence electrons. The van der Waals surface area contributed by atoms with Crippen molar-refractivity contribution in [3.05, 3.63) is 47.5 Å². The molecule has 1 heterocycles. The first-order valence-electron chi connectivity index (χ1n) is 6.15. The summed E-state index contributed by atoms with van der Waals surface area (Å²) in [5.74, 6) is 1.58. The number of benzene rings is 1. The summed E-state index contributed by atoms with van der Waals surface area (Å²) in [6.07, 6.45) is 4.22. The number of nitrogens with two attached hydrogens (primary N) is 1. The molecule has 0 radical (unpaired) electrons. The molecule has 0 amide bonds. The molecule has 0 saturated carbocycles. The maximum Gasteiger partial charge on any atom is 0.123 e. The van der Waals surface area contributed by atoms with Gasteiger partial charge in [-0.1, -0.05) is 19.1 Å². The van der Waals surface area contributed by atoms with E-state index in [4.69, 9.17) is 5.73 Å². The van der Waals surface area contributed by atoms with Gasteiger partial charge in [0, 0.05) is 6.54 Å². The molecule has 2 rings (SSSR count). The SMILES string of the molecule is CCC(C[C@H]1C=C(N)NC1)c1ccc(F)cc1. The van der Waals surface area contributed by atoms with Crippen LogP contribution >= 0.6 is 0 Å². The van der Waals surface area contributed by atoms with E-state index in [0.29, 0.717) is 11.8 Å². The van der Waals surface area contributed by atoms with Crippen molar-refractivity contribution in [1.82, 2.24) is 5.32 Å². The van der Waals surface area contributed by atoms with Crippen LogP contribution in [-0.4, -0.2) is 6.54 Å². The number of rotatable bonds is 4. The van der Waals surface area contributed by atoms with Crippen LogP contribution in [0.25, 0.3) is 0 Å². The molecule has 3 heteroatoms. The molecule has 1 aromatic rings. The van der Waals surface area contributed by atoms with E-state index >= 15 is 0 Å². The van der Waals surface area contributed by atoms with Crippen molar-refractivity contribution < 1.29 is 4.39 Å². The minimum Gasteiger partial charge on any atom is -0.386 e. The first kappa shape index (κ1) is 12.0. The highest BCUT2D eigenvalue weighted by molar-refractivity contribution is 5.21. The van der Waals surface area contributed by atoms with Crippen LogP contribution in [0.4, 0.5) is 4.39 Å². The Morgan fingerprint density at radius 3 is 2.65 bits per heavy atom. The Bertz CT molecular complexity index is 397. The summed E-state index contributed by atoms with van der Waals surface area (Å²) in [7, 11) is 0. The molecule has 3 N–H and O–H groups in total. The van der Waals surface area contributed by atoms with Gasteiger partial charge in [0.15, 0.2) is 0 Å². The van der Waals surface area contributed by atoms with E-state index in [1.165, 1.54) is 17.7 Å². The topological polar surface area (TPSA) is 38.0 Å². The molecule has 1 aliphatic heterocycles. The van der Waals surface area contributed by atoms with Gasteiger partial charge >= 0.3 is 0 Å². The van der Waals surface area contributed by atoms with Crippen molar-refractivity contribution >= 4 is 0 Å². The largest absolute Gasteiger partial charge is 0.386 e. The number of hydrogen-bond donors (Lipinski definition) is 2. The molecule has 0 aromatic heterocycles. The fourth-order valence-corrected chi connectivity index (χ4v) is 2.41. The molecule has 1 aliphatic rings. The lowest BCUT2D eigenvalue weighted by molar-refractivity contribution is 0.501. The summed E-state index contributed by atoms with van der Waals surface area (Å²) in [6.45, 7) is 3.09. The summed E-state index contributed by atoms with van der Waals surface area (Å²) in [5, 5.41) is 3.14. The molecule has 0 aliphatic carbocycles. The van der Waals surface area contributed by atoms with Crippen LogP contribution in [0.15, 0.2) is 36.2 Å². The summed E-state index contributed by atoms with van der Waals surface area (Å²) in [6, 6.07) is 6.85. The van der Waals surface area contributed by atoms with Gasteiger partial charge in [-0.3, -0.25) is 0 Å². The molecule has 17 heavy (non-hydrogen) atoms. The van der Waals surface area contributed by atoms with E-state index in [1.807, 2.05) is 12.1 Å². The van der Waals surface area contributed by atoms with Crippen LogP contribution in [0.3, 0.4) is 0 Å². The molecule has 1 unspecified atom stereocenters. The zero-order valence-corrected chi connectivity index (χ0v) is 10.1. The highest BCUT2D eigenvalue weighted by atomic mass is 19.1. The minimum atomic E-state index is -0.171. The van der Waals surface area contributed by atoms with E-state index in [2.05, 4.69) is 18.3 Å². The Morgan fingerprint density at radius 1 is 1.41 bits per heavy atom. The highest BCUT2D eigenvalue weighted by Crippen LogP contribution is 2.29. The molecule has 0 spiro atoms. The van der Waals surface area contributed by atoms with Gasteiger partial charge in [-0.15, -0.1) is 0 Å². The summed E-state index contributed by atoms with van der Waals surface area (Å²) < 4.78 is 12.9. The minimum absolute atomic E-state index is 0.171. The van der Waals surface area contributed by atoms with Crippen molar-refractivity contribution in [3.63, 3.8) is 0 Å². The van der Waals surface area contributed by atoms with Gasteiger partial charge in [0.25, 0.3) is 0 Å². The molecule has 2 nitrogen and oxygen atoms in total. The fraction of sp³-hybridized carbons (Fsp3) is 0.429. The van der Waals surface area contributed by atoms with E-state index in [9.17, 15) is 4.39 Å². The molecule has 1 aromatic carbocycles. The summed E-state index contributed by atoms with van der Waals surface area (Å²) >= 11 is 0. The Hall–Kier alpha value is -1.51. The Balaban J connectivity index is 2.04. The number of hydrogen-bond acceptors (Lipinski definition) is 2. The van der Waals surface area contributed by atoms with Gasteiger partial charge in [0.2, 0.25) is 0 Å². The average Bonchev–Trinajstić information content (AvgIpc) is 2.73. The third-order valence-corrected chi connectivity index (χ3v) is 3.41. The standard InChI is InChI=1S/C14H19FN2/c1-2-11(7-10-8-14(16)17-9-10)12-3-5-13(15)6-4-12/h3-6,8,10-11,17H,2,7,9,16H2,1H3/t10-,11?/m0/s1. The van der Waals surface area contributed by atoms with Crippen LogP contribution < -0.4 is 11.1 Å². The summed E-state index contributed by atoms with van der Waals surface area (Å²) in [4.78, 5) is 0. The smallest absolute Gasteiger partial charge is 0.123 e. The van der Waals surface area contributed by atoms with E-state index < -0.39 is 0 Å². The second-order valence-electron chi connectivity index (χ2n) is 4.66. The monoisotopic (exact) mass is 234 g/mol. The third kappa shape index (κ3) is 2.99. The van der Waals surface area contributed by atoms with Crippen LogP contribution in [-0.2, 0) is 0 Å². The average molecular weight is 234 g/mol. The third-order valence-electron chi connectivity index (χ3n) is 3.41. The Kier molecular flexibility index (Phi) is 3.67. The normalized spacial score (nSPS) is 20.8. The first-order chi connectivity index (χ1) is 8.19. The Labute approximate surface area is 102 Å². The molecular weight excluding hydrogens is 215 g/mol. The van der Waals surface area contributed by atoms with E-state index in [0.717, 1.165) is 25.2 Å². The second kappa shape index (κ2) is 5.21. The second-order valence-corrected chi connectivity index (χ2v) is 4.66. The maximum absolute atomic E-state index is 12.9. The first-order valence-corrected chi connectivity index (χ1v) is 6.15. The quantitative estimate of drug-likeness (QED) is 0.840. The lowest BCUT2D eigenvalue weighted by Gasteiger charge is -2.18. The summed E-state index contributed by atoms with van der Waals surface area (Å²) in [5.41, 5.74) is 6.92. The van der Waals surface area contributed by atoms with Crippen molar-refractivity contribution in [2.75, 3.05) is 6.54 Å². The van der Waals surface area contributed by atoms with Crippen molar-refractivity contribution in [2.45, 2.75) is 25.7 Å². The van der Waals surface area contributed by atoms with Crippen LogP contribution in [0.5, 0.6) is 0 Å². The van der Waals surface area contributed by atoms with Gasteiger partial charge in [-0.25, -0.2) is 4.39 Å². The highest BCUT2D eigenvalue weighted by Gasteiger charge is 2.19. The fourth-order valence-electron chi connectivity index (χ4n) is 2.41. The van der Waals surface area contributed by atoms with Crippen molar-refractivity contribution in [2.24, 2.45) is 11.7 Å². The number of nitrogens with one attached hydrogen (secondary N) is 1. The molecule has 2 atom stereocenters. The van der Waals surface area contributed by atoms with Gasteiger partial charge in [0.05, 0.1) is 5.82 Å². The van der Waals surface area contributed by atoms with Crippen LogP contribution in [0, 0.1) is 11.7 Å². The molecular formula is C14H19FN2. The molecule has 0 fully saturated rings. The van der Waals surface area contributed by atoms with Crippen LogP contribution in [0.2, 0.25) is 0 Å². The van der Waals surface area contributed by atoms with Gasteiger partial charge in [0.1, 0.15) is 5.82 Å². The van der Waals surface area contributed by atoms with Gasteiger partial charge in [-0.2, -0.15) is 0 Å². The van der Waals surface area contributed by atoms with E-state index in [1.54, 1.807) is 0 Å². The lowest BCUT2D eigenvalue weighted by Crippen LogP contribution is -2.17. The predicted octanol–water partition coefficient (Wildman–Crippen LogP) is 2.73. The van der Waals surface area contributed by atoms with Crippen molar-refractivity contribution in [1.29, 1.82) is 0 Å². The van der Waals surface area contributed by atoms with Gasteiger partial charge in [-0.05, 0) is 48.4 Å². The zero-order valence-electron chi connectivity index (χ0n) is 10.1.